The van der Waals surface area contributed by atoms with Crippen molar-refractivity contribution in [3.05, 3.63) is 29.8 Å². The Balaban J connectivity index is 1.71. The Hall–Kier alpha value is -2.38. The van der Waals surface area contributed by atoms with Crippen molar-refractivity contribution in [2.45, 2.75) is 18.9 Å². The van der Waals surface area contributed by atoms with Crippen molar-refractivity contribution in [1.29, 1.82) is 0 Å². The number of nitrogens with one attached hydrogen (secondary N) is 1. The molecule has 0 radical (unpaired) electrons. The predicted octanol–water partition coefficient (Wildman–Crippen LogP) is 2.57. The number of nitrogens with zero attached hydrogens (tertiary/aromatic N) is 3. The van der Waals surface area contributed by atoms with Gasteiger partial charge in [-0.2, -0.15) is 0 Å². The molecule has 4 rings (SSSR count). The molecule has 25 heavy (non-hydrogen) atoms. The minimum atomic E-state index is -1.00. The summed E-state index contributed by atoms with van der Waals surface area (Å²) in [7, 11) is 3.42. The van der Waals surface area contributed by atoms with Crippen molar-refractivity contribution in [2.75, 3.05) is 39.0 Å². The van der Waals surface area contributed by atoms with Gasteiger partial charge in [0.05, 0.1) is 6.04 Å². The van der Waals surface area contributed by atoms with E-state index in [0.29, 0.717) is 19.6 Å². The third-order valence-corrected chi connectivity index (χ3v) is 4.80. The summed E-state index contributed by atoms with van der Waals surface area (Å²) in [5.74, 6) is -1.74. The lowest BCUT2D eigenvalue weighted by molar-refractivity contribution is 0.149. The molecule has 2 bridgehead atoms. The summed E-state index contributed by atoms with van der Waals surface area (Å²) in [6.07, 6.45) is 1.80. The van der Waals surface area contributed by atoms with Gasteiger partial charge in [-0.05, 0) is 30.9 Å². The molecule has 1 N–H and O–H groups in total. The second kappa shape index (κ2) is 6.85. The summed E-state index contributed by atoms with van der Waals surface area (Å²) in [6, 6.07) is 2.80. The fourth-order valence-corrected chi connectivity index (χ4v) is 3.54. The van der Waals surface area contributed by atoms with Gasteiger partial charge in [-0.15, -0.1) is 0 Å². The lowest BCUT2D eigenvalue weighted by atomic mass is 9.95. The van der Waals surface area contributed by atoms with Gasteiger partial charge in [-0.3, -0.25) is 0 Å². The average molecular weight is 352 g/mol. The lowest BCUT2D eigenvalue weighted by Gasteiger charge is -2.36. The van der Waals surface area contributed by atoms with Crippen LogP contribution in [0.4, 0.5) is 24.1 Å². The molecule has 8 heteroatoms. The van der Waals surface area contributed by atoms with Crippen LogP contribution in [-0.2, 0) is 0 Å². The molecule has 4 amide bonds. The average Bonchev–Trinajstić information content (AvgIpc) is 2.89. The molecule has 3 aliphatic rings. The normalized spacial score (nSPS) is 22.6. The molecule has 0 unspecified atom stereocenters. The van der Waals surface area contributed by atoms with E-state index in [1.54, 1.807) is 23.9 Å². The number of hydrogen-bond acceptors (Lipinski definition) is 2. The maximum atomic E-state index is 13.3. The Kier molecular flexibility index (Phi) is 4.78. The lowest BCUT2D eigenvalue weighted by Crippen LogP contribution is -2.50. The Morgan fingerprint density at radius 1 is 1.12 bits per heavy atom. The first kappa shape index (κ1) is 17.4. The van der Waals surface area contributed by atoms with Gasteiger partial charge < -0.3 is 20.0 Å². The number of amides is 4. The van der Waals surface area contributed by atoms with E-state index in [9.17, 15) is 18.4 Å². The maximum Gasteiger partial charge on any atom is 0.322 e. The zero-order valence-corrected chi connectivity index (χ0v) is 14.3. The zero-order chi connectivity index (χ0) is 18.1. The molecule has 3 saturated heterocycles. The number of piperidine rings is 1. The van der Waals surface area contributed by atoms with E-state index in [1.807, 2.05) is 0 Å². The van der Waals surface area contributed by atoms with E-state index < -0.39 is 11.6 Å². The van der Waals surface area contributed by atoms with Crippen molar-refractivity contribution in [1.82, 2.24) is 14.7 Å². The van der Waals surface area contributed by atoms with Crippen LogP contribution in [0, 0.1) is 17.6 Å². The summed E-state index contributed by atoms with van der Waals surface area (Å²) in [5, 5.41) is 2.63. The number of hydrogen-bond donors (Lipinski definition) is 1. The molecular weight excluding hydrogens is 330 g/mol. The molecule has 0 aliphatic carbocycles. The van der Waals surface area contributed by atoms with Crippen molar-refractivity contribution < 1.29 is 18.4 Å². The zero-order valence-electron chi connectivity index (χ0n) is 14.3. The summed E-state index contributed by atoms with van der Waals surface area (Å²) >= 11 is 0. The third-order valence-electron chi connectivity index (χ3n) is 4.80. The van der Waals surface area contributed by atoms with Crippen LogP contribution in [-0.4, -0.2) is 66.5 Å². The highest BCUT2D eigenvalue weighted by molar-refractivity contribution is 5.89. The smallest absolute Gasteiger partial charge is 0.322 e. The molecule has 3 heterocycles. The number of carbonyl (C=O) groups excluding carboxylic acids is 2. The van der Waals surface area contributed by atoms with E-state index in [-0.39, 0.29) is 29.7 Å². The highest BCUT2D eigenvalue weighted by atomic mass is 19.2. The highest BCUT2D eigenvalue weighted by Crippen LogP contribution is 2.29. The topological polar surface area (TPSA) is 55.9 Å². The van der Waals surface area contributed by atoms with Crippen LogP contribution in [0.5, 0.6) is 0 Å². The monoisotopic (exact) mass is 352 g/mol. The van der Waals surface area contributed by atoms with E-state index in [0.717, 1.165) is 25.0 Å². The van der Waals surface area contributed by atoms with E-state index >= 15 is 0 Å². The summed E-state index contributed by atoms with van der Waals surface area (Å²) in [4.78, 5) is 29.9. The minimum absolute atomic E-state index is 0.0558. The van der Waals surface area contributed by atoms with E-state index in [1.165, 1.54) is 11.0 Å². The minimum Gasteiger partial charge on any atom is -0.331 e. The van der Waals surface area contributed by atoms with Gasteiger partial charge in [-0.1, -0.05) is 0 Å². The first-order valence-corrected chi connectivity index (χ1v) is 8.34. The van der Waals surface area contributed by atoms with Crippen LogP contribution in [0.3, 0.4) is 0 Å². The molecule has 136 valence electrons. The molecule has 0 saturated carbocycles. The van der Waals surface area contributed by atoms with Crippen LogP contribution < -0.4 is 5.32 Å². The van der Waals surface area contributed by atoms with Crippen molar-refractivity contribution in [3.8, 4) is 0 Å². The van der Waals surface area contributed by atoms with Gasteiger partial charge in [0.2, 0.25) is 0 Å². The van der Waals surface area contributed by atoms with Gasteiger partial charge in [-0.25, -0.2) is 18.4 Å². The fourth-order valence-electron chi connectivity index (χ4n) is 3.54. The summed E-state index contributed by atoms with van der Waals surface area (Å²) in [5.41, 5.74) is 0.213. The van der Waals surface area contributed by atoms with Crippen LogP contribution in [0.2, 0.25) is 0 Å². The second-order valence-corrected chi connectivity index (χ2v) is 6.89. The van der Waals surface area contributed by atoms with Crippen molar-refractivity contribution in [3.63, 3.8) is 0 Å². The standard InChI is InChI=1S/C17H22F2N4O2/c1-21(2)17(25)22-8-11-3-5-13(10-22)23(9-11)16(24)20-12-4-6-14(18)15(19)7-12/h4,6-7,11,13H,3,5,8-10H2,1-2H3,(H,20,24)/t11-,13+/m0/s1. The molecular formula is C17H22F2N4O2. The second-order valence-electron chi connectivity index (χ2n) is 6.89. The van der Waals surface area contributed by atoms with Crippen LogP contribution in [0.1, 0.15) is 12.8 Å². The Labute approximate surface area is 145 Å². The van der Waals surface area contributed by atoms with Gasteiger partial charge >= 0.3 is 12.1 Å². The quantitative estimate of drug-likeness (QED) is 0.845. The fraction of sp³-hybridized carbons (Fsp3) is 0.529. The molecule has 0 spiro atoms. The largest absolute Gasteiger partial charge is 0.331 e. The Bertz CT molecular complexity index is 683. The molecule has 6 nitrogen and oxygen atoms in total. The first-order valence-electron chi connectivity index (χ1n) is 8.34. The first-order chi connectivity index (χ1) is 11.8. The van der Waals surface area contributed by atoms with Crippen molar-refractivity contribution in [2.24, 2.45) is 5.92 Å². The summed E-state index contributed by atoms with van der Waals surface area (Å²) < 4.78 is 26.3. The van der Waals surface area contributed by atoms with Crippen molar-refractivity contribution >= 4 is 17.7 Å². The van der Waals surface area contributed by atoms with Gasteiger partial charge in [0.15, 0.2) is 11.6 Å². The molecule has 1 aromatic rings. The molecule has 2 atom stereocenters. The molecule has 3 aliphatic heterocycles. The molecule has 1 aromatic carbocycles. The Morgan fingerprint density at radius 2 is 1.88 bits per heavy atom. The number of anilines is 1. The maximum absolute atomic E-state index is 13.3. The van der Waals surface area contributed by atoms with Crippen LogP contribution in [0.25, 0.3) is 0 Å². The Morgan fingerprint density at radius 3 is 2.56 bits per heavy atom. The molecule has 0 aromatic heterocycles. The van der Waals surface area contributed by atoms with E-state index in [4.69, 9.17) is 0 Å². The summed E-state index contributed by atoms with van der Waals surface area (Å²) in [6.45, 7) is 1.67. The molecule has 3 fully saturated rings. The van der Waals surface area contributed by atoms with Crippen LogP contribution in [0.15, 0.2) is 18.2 Å². The number of benzene rings is 1. The number of fused-ring (bicyclic) bond motifs is 4. The van der Waals surface area contributed by atoms with E-state index in [2.05, 4.69) is 5.32 Å². The number of rotatable bonds is 1. The van der Waals surface area contributed by atoms with Gasteiger partial charge in [0, 0.05) is 45.5 Å². The number of carbonyl (C=O) groups is 2. The third kappa shape index (κ3) is 3.67. The predicted molar refractivity (Wildman–Crippen MR) is 89.3 cm³/mol. The van der Waals surface area contributed by atoms with Crippen LogP contribution >= 0.6 is 0 Å². The SMILES string of the molecule is CN(C)C(=O)N1C[C@@H]2CC[C@H](C1)N(C(=O)Nc1ccc(F)c(F)c1)C2. The number of urea groups is 2. The highest BCUT2D eigenvalue weighted by Gasteiger charge is 2.39. The van der Waals surface area contributed by atoms with Gasteiger partial charge in [0.1, 0.15) is 0 Å². The van der Waals surface area contributed by atoms with Gasteiger partial charge in [0.25, 0.3) is 0 Å². The number of halogens is 2.